The smallest absolute Gasteiger partial charge is 0.262 e. The summed E-state index contributed by atoms with van der Waals surface area (Å²) in [6.45, 7) is 3.90. The van der Waals surface area contributed by atoms with Crippen molar-refractivity contribution in [2.45, 2.75) is 26.0 Å². The molecule has 0 aromatic heterocycles. The highest BCUT2D eigenvalue weighted by Gasteiger charge is 2.41. The van der Waals surface area contributed by atoms with Crippen LogP contribution < -0.4 is 14.8 Å². The van der Waals surface area contributed by atoms with Crippen LogP contribution in [-0.2, 0) is 4.79 Å². The first-order chi connectivity index (χ1) is 13.5. The Balaban J connectivity index is 1.39. The van der Waals surface area contributed by atoms with E-state index in [-0.39, 0.29) is 12.6 Å². The predicted octanol–water partition coefficient (Wildman–Crippen LogP) is 1.94. The molecular formula is C21H20N2O5. The molecule has 0 bridgehead atoms. The molecule has 2 aromatic carbocycles. The maximum atomic E-state index is 12.6. The molecule has 2 aliphatic heterocycles. The lowest BCUT2D eigenvalue weighted by atomic mass is 10.1. The minimum absolute atomic E-state index is 0.208. The Hall–Kier alpha value is -3.35. The molecule has 4 rings (SSSR count). The topological polar surface area (TPSA) is 84.9 Å². The Morgan fingerprint density at radius 3 is 2.64 bits per heavy atom. The van der Waals surface area contributed by atoms with Gasteiger partial charge in [-0.15, -0.1) is 0 Å². The Morgan fingerprint density at radius 2 is 1.86 bits per heavy atom. The first kappa shape index (κ1) is 18.0. The number of rotatable bonds is 4. The van der Waals surface area contributed by atoms with Crippen LogP contribution in [0.5, 0.6) is 11.5 Å². The van der Waals surface area contributed by atoms with Gasteiger partial charge in [-0.25, -0.2) is 0 Å². The molecule has 3 amide bonds. The van der Waals surface area contributed by atoms with Crippen LogP contribution in [0.15, 0.2) is 42.5 Å². The van der Waals surface area contributed by atoms with Gasteiger partial charge in [0, 0.05) is 0 Å². The molecule has 2 atom stereocenters. The first-order valence-electron chi connectivity index (χ1n) is 9.10. The number of imide groups is 1. The van der Waals surface area contributed by atoms with Gasteiger partial charge in [0.1, 0.15) is 18.8 Å². The molecule has 7 heteroatoms. The zero-order chi connectivity index (χ0) is 19.8. The lowest BCUT2D eigenvalue weighted by Gasteiger charge is -2.27. The van der Waals surface area contributed by atoms with Gasteiger partial charge in [0.25, 0.3) is 11.8 Å². The maximum Gasteiger partial charge on any atom is 0.262 e. The molecule has 28 heavy (non-hydrogen) atoms. The van der Waals surface area contributed by atoms with Crippen molar-refractivity contribution >= 4 is 17.7 Å². The van der Waals surface area contributed by atoms with Crippen LogP contribution in [0.2, 0.25) is 0 Å². The largest absolute Gasteiger partial charge is 0.486 e. The van der Waals surface area contributed by atoms with Crippen molar-refractivity contribution in [1.29, 1.82) is 0 Å². The number of carbonyl (C=O) groups is 3. The van der Waals surface area contributed by atoms with Gasteiger partial charge < -0.3 is 14.8 Å². The normalized spacial score (nSPS) is 18.6. The van der Waals surface area contributed by atoms with E-state index in [2.05, 4.69) is 5.32 Å². The van der Waals surface area contributed by atoms with E-state index in [4.69, 9.17) is 9.47 Å². The van der Waals surface area contributed by atoms with Gasteiger partial charge in [0.15, 0.2) is 11.5 Å². The van der Waals surface area contributed by atoms with E-state index in [9.17, 15) is 14.4 Å². The van der Waals surface area contributed by atoms with Crippen LogP contribution in [0.25, 0.3) is 0 Å². The molecule has 0 radical (unpaired) electrons. The van der Waals surface area contributed by atoms with Crippen molar-refractivity contribution in [1.82, 2.24) is 10.2 Å². The molecule has 2 aromatic rings. The van der Waals surface area contributed by atoms with Crippen molar-refractivity contribution in [3.63, 3.8) is 0 Å². The van der Waals surface area contributed by atoms with E-state index < -0.39 is 23.8 Å². The number of hydrogen-bond donors (Lipinski definition) is 1. The number of para-hydroxylation sites is 2. The van der Waals surface area contributed by atoms with E-state index in [1.165, 1.54) is 6.92 Å². The summed E-state index contributed by atoms with van der Waals surface area (Å²) >= 11 is 0. The second-order valence-electron chi connectivity index (χ2n) is 6.95. The molecule has 0 spiro atoms. The monoisotopic (exact) mass is 380 g/mol. The van der Waals surface area contributed by atoms with E-state index >= 15 is 0 Å². The average Bonchev–Trinajstić information content (AvgIpc) is 2.95. The maximum absolute atomic E-state index is 12.6. The van der Waals surface area contributed by atoms with Crippen molar-refractivity contribution in [3.8, 4) is 11.5 Å². The number of benzene rings is 2. The molecule has 0 saturated heterocycles. The lowest BCUT2D eigenvalue weighted by molar-refractivity contribution is -0.125. The number of nitrogens with one attached hydrogen (secondary N) is 1. The third-order valence-electron chi connectivity index (χ3n) is 4.91. The van der Waals surface area contributed by atoms with Crippen LogP contribution in [0.1, 0.15) is 33.2 Å². The van der Waals surface area contributed by atoms with Gasteiger partial charge in [-0.2, -0.15) is 0 Å². The van der Waals surface area contributed by atoms with E-state index in [1.54, 1.807) is 24.3 Å². The summed E-state index contributed by atoms with van der Waals surface area (Å²) in [6.07, 6.45) is -0.351. The number of fused-ring (bicyclic) bond motifs is 2. The third kappa shape index (κ3) is 3.09. The van der Waals surface area contributed by atoms with Gasteiger partial charge >= 0.3 is 0 Å². The summed E-state index contributed by atoms with van der Waals surface area (Å²) in [7, 11) is 0. The second kappa shape index (κ2) is 6.99. The van der Waals surface area contributed by atoms with Crippen LogP contribution in [0.3, 0.4) is 0 Å². The molecule has 2 heterocycles. The van der Waals surface area contributed by atoms with Gasteiger partial charge in [-0.05, 0) is 38.1 Å². The van der Waals surface area contributed by atoms with Crippen LogP contribution >= 0.6 is 0 Å². The van der Waals surface area contributed by atoms with Crippen molar-refractivity contribution < 1.29 is 23.9 Å². The number of nitrogens with zero attached hydrogens (tertiary/aromatic N) is 1. The Labute approximate surface area is 162 Å². The molecule has 1 N–H and O–H groups in total. The van der Waals surface area contributed by atoms with Crippen molar-refractivity contribution in [3.05, 3.63) is 59.2 Å². The summed E-state index contributed by atoms with van der Waals surface area (Å²) in [5, 5.41) is 2.75. The Morgan fingerprint density at radius 1 is 1.14 bits per heavy atom. The molecule has 7 nitrogen and oxygen atoms in total. The zero-order valence-corrected chi connectivity index (χ0v) is 15.6. The highest BCUT2D eigenvalue weighted by Crippen LogP contribution is 2.30. The molecule has 2 aliphatic rings. The fourth-order valence-electron chi connectivity index (χ4n) is 3.37. The average molecular weight is 380 g/mol. The first-order valence-corrected chi connectivity index (χ1v) is 9.10. The number of carbonyl (C=O) groups excluding carboxylic acids is 3. The van der Waals surface area contributed by atoms with E-state index in [0.29, 0.717) is 29.2 Å². The highest BCUT2D eigenvalue weighted by molar-refractivity contribution is 6.22. The summed E-state index contributed by atoms with van der Waals surface area (Å²) in [5.41, 5.74) is 1.55. The molecule has 0 saturated carbocycles. The predicted molar refractivity (Wildman–Crippen MR) is 101 cm³/mol. The summed E-state index contributed by atoms with van der Waals surface area (Å²) < 4.78 is 11.4. The molecule has 144 valence electrons. The quantitative estimate of drug-likeness (QED) is 0.820. The van der Waals surface area contributed by atoms with Crippen LogP contribution in [-0.4, -0.2) is 47.9 Å². The number of ether oxygens (including phenoxy) is 2. The number of hydrogen-bond acceptors (Lipinski definition) is 5. The summed E-state index contributed by atoms with van der Waals surface area (Å²) in [6, 6.07) is 11.5. The molecule has 0 fully saturated rings. The fourth-order valence-corrected chi connectivity index (χ4v) is 3.37. The molecule has 0 unspecified atom stereocenters. The minimum Gasteiger partial charge on any atom is -0.486 e. The van der Waals surface area contributed by atoms with E-state index in [1.807, 2.05) is 25.1 Å². The Bertz CT molecular complexity index is 971. The fraction of sp³-hybridized carbons (Fsp3) is 0.286. The highest BCUT2D eigenvalue weighted by atomic mass is 16.6. The number of amides is 3. The Kier molecular flexibility index (Phi) is 4.50. The lowest BCUT2D eigenvalue weighted by Crippen LogP contribution is -2.50. The zero-order valence-electron chi connectivity index (χ0n) is 15.6. The standard InChI is InChI=1S/C21H20N2O5/c1-12-7-8-15-16(9-12)21(26)23(20(15)25)13(2)19(24)22-10-14-11-27-17-5-3-4-6-18(17)28-14/h3-9,13-14H,10-11H2,1-2H3,(H,22,24)/t13-,14-/m1/s1. The summed E-state index contributed by atoms with van der Waals surface area (Å²) in [4.78, 5) is 38.8. The van der Waals surface area contributed by atoms with Crippen molar-refractivity contribution in [2.75, 3.05) is 13.2 Å². The van der Waals surface area contributed by atoms with E-state index in [0.717, 1.165) is 10.5 Å². The van der Waals surface area contributed by atoms with Crippen LogP contribution in [0.4, 0.5) is 0 Å². The third-order valence-corrected chi connectivity index (χ3v) is 4.91. The summed E-state index contributed by atoms with van der Waals surface area (Å²) in [5.74, 6) is -0.0310. The van der Waals surface area contributed by atoms with Gasteiger partial charge in [0.2, 0.25) is 5.91 Å². The molecular weight excluding hydrogens is 360 g/mol. The molecule has 0 aliphatic carbocycles. The van der Waals surface area contributed by atoms with Gasteiger partial charge in [0.05, 0.1) is 17.7 Å². The minimum atomic E-state index is -0.926. The van der Waals surface area contributed by atoms with Crippen LogP contribution in [0, 0.1) is 6.92 Å². The van der Waals surface area contributed by atoms with Gasteiger partial charge in [-0.1, -0.05) is 23.8 Å². The van der Waals surface area contributed by atoms with Crippen molar-refractivity contribution in [2.24, 2.45) is 0 Å². The number of aryl methyl sites for hydroxylation is 1. The van der Waals surface area contributed by atoms with Gasteiger partial charge in [-0.3, -0.25) is 19.3 Å². The second-order valence-corrected chi connectivity index (χ2v) is 6.95. The SMILES string of the molecule is Cc1ccc2c(c1)C(=O)N([C@H](C)C(=O)NC[C@@H]1COc3ccccc3O1)C2=O.